The highest BCUT2D eigenvalue weighted by molar-refractivity contribution is 6.01. The molecule has 0 aromatic heterocycles. The van der Waals surface area contributed by atoms with Gasteiger partial charge in [-0.3, -0.25) is 4.79 Å². The fourth-order valence-electron chi connectivity index (χ4n) is 2.70. The van der Waals surface area contributed by atoms with Crippen molar-refractivity contribution in [2.45, 2.75) is 39.5 Å². The van der Waals surface area contributed by atoms with Crippen LogP contribution in [-0.4, -0.2) is 12.3 Å². The predicted octanol–water partition coefficient (Wildman–Crippen LogP) is 3.20. The Bertz CT molecular complexity index is 410. The first-order chi connectivity index (χ1) is 8.57. The molecule has 2 heteroatoms. The van der Waals surface area contributed by atoms with Gasteiger partial charge in [0.15, 0.2) is 5.78 Å². The molecule has 2 rings (SSSR count). The van der Waals surface area contributed by atoms with Crippen LogP contribution in [0, 0.1) is 11.3 Å². The first-order valence-corrected chi connectivity index (χ1v) is 6.91. The van der Waals surface area contributed by atoms with Gasteiger partial charge < -0.3 is 5.73 Å². The molecule has 0 radical (unpaired) electrons. The van der Waals surface area contributed by atoms with Crippen LogP contribution in [0.5, 0.6) is 0 Å². The van der Waals surface area contributed by atoms with Crippen LogP contribution in [0.2, 0.25) is 0 Å². The van der Waals surface area contributed by atoms with Crippen LogP contribution in [-0.2, 0) is 6.42 Å². The highest BCUT2D eigenvalue weighted by atomic mass is 16.1. The summed E-state index contributed by atoms with van der Waals surface area (Å²) in [6.45, 7) is 4.90. The maximum atomic E-state index is 12.4. The third-order valence-electron chi connectivity index (χ3n) is 4.04. The first-order valence-electron chi connectivity index (χ1n) is 6.91. The van der Waals surface area contributed by atoms with Crippen molar-refractivity contribution in [2.75, 3.05) is 6.54 Å². The summed E-state index contributed by atoms with van der Waals surface area (Å²) in [5.74, 6) is 0.890. The maximum absolute atomic E-state index is 12.4. The average Bonchev–Trinajstić information content (AvgIpc) is 2.28. The zero-order chi connectivity index (χ0) is 13.2. The molecule has 0 heterocycles. The van der Waals surface area contributed by atoms with E-state index in [2.05, 4.69) is 26.0 Å². The Morgan fingerprint density at radius 1 is 1.28 bits per heavy atom. The SMILES string of the molecule is CC(C)Cc1ccc(C(=O)C2(CN)CCC2)cc1. The van der Waals surface area contributed by atoms with E-state index in [9.17, 15) is 4.79 Å². The number of hydrogen-bond acceptors (Lipinski definition) is 2. The molecular formula is C16H23NO. The molecule has 1 aromatic rings. The van der Waals surface area contributed by atoms with Crippen LogP contribution >= 0.6 is 0 Å². The third kappa shape index (κ3) is 2.49. The fraction of sp³-hybridized carbons (Fsp3) is 0.562. The van der Waals surface area contributed by atoms with E-state index in [0.29, 0.717) is 12.5 Å². The van der Waals surface area contributed by atoms with E-state index >= 15 is 0 Å². The largest absolute Gasteiger partial charge is 0.329 e. The van der Waals surface area contributed by atoms with Crippen LogP contribution in [0.3, 0.4) is 0 Å². The molecule has 18 heavy (non-hydrogen) atoms. The normalized spacial score (nSPS) is 17.6. The van der Waals surface area contributed by atoms with Gasteiger partial charge in [0.2, 0.25) is 0 Å². The summed E-state index contributed by atoms with van der Waals surface area (Å²) in [6.07, 6.45) is 4.11. The summed E-state index contributed by atoms with van der Waals surface area (Å²) < 4.78 is 0. The van der Waals surface area contributed by atoms with E-state index in [-0.39, 0.29) is 11.2 Å². The molecule has 1 aliphatic rings. The summed E-state index contributed by atoms with van der Waals surface area (Å²) in [5.41, 5.74) is 7.66. The number of hydrogen-bond donors (Lipinski definition) is 1. The maximum Gasteiger partial charge on any atom is 0.170 e. The van der Waals surface area contributed by atoms with Crippen molar-refractivity contribution in [3.05, 3.63) is 35.4 Å². The van der Waals surface area contributed by atoms with Gasteiger partial charge in [-0.15, -0.1) is 0 Å². The standard InChI is InChI=1S/C16H23NO/c1-12(2)10-13-4-6-14(7-5-13)15(18)16(11-17)8-3-9-16/h4-7,12H,3,8-11,17H2,1-2H3. The van der Waals surface area contributed by atoms with Crippen molar-refractivity contribution in [1.29, 1.82) is 0 Å². The third-order valence-corrected chi connectivity index (χ3v) is 4.04. The fourth-order valence-corrected chi connectivity index (χ4v) is 2.70. The molecule has 1 aromatic carbocycles. The van der Waals surface area contributed by atoms with E-state index in [4.69, 9.17) is 5.73 Å². The first kappa shape index (κ1) is 13.3. The van der Waals surface area contributed by atoms with Crippen LogP contribution in [0.4, 0.5) is 0 Å². The zero-order valence-corrected chi connectivity index (χ0v) is 11.4. The molecule has 1 fully saturated rings. The molecule has 1 saturated carbocycles. The number of carbonyl (C=O) groups excluding carboxylic acids is 1. The number of ketones is 1. The smallest absolute Gasteiger partial charge is 0.170 e. The second-order valence-electron chi connectivity index (χ2n) is 5.96. The summed E-state index contributed by atoms with van der Waals surface area (Å²) in [5, 5.41) is 0. The molecule has 98 valence electrons. The van der Waals surface area contributed by atoms with Gasteiger partial charge in [-0.2, -0.15) is 0 Å². The van der Waals surface area contributed by atoms with E-state index in [1.54, 1.807) is 0 Å². The monoisotopic (exact) mass is 245 g/mol. The van der Waals surface area contributed by atoms with E-state index in [1.165, 1.54) is 5.56 Å². The van der Waals surface area contributed by atoms with Gasteiger partial charge in [-0.05, 0) is 30.7 Å². The van der Waals surface area contributed by atoms with Gasteiger partial charge >= 0.3 is 0 Å². The average molecular weight is 245 g/mol. The van der Waals surface area contributed by atoms with Crippen LogP contribution in [0.1, 0.15) is 49.0 Å². The Balaban J connectivity index is 2.12. The number of nitrogens with two attached hydrogens (primary N) is 1. The van der Waals surface area contributed by atoms with Gasteiger partial charge in [0.25, 0.3) is 0 Å². The number of benzene rings is 1. The minimum Gasteiger partial charge on any atom is -0.329 e. The minimum atomic E-state index is -0.250. The van der Waals surface area contributed by atoms with Gasteiger partial charge in [-0.1, -0.05) is 44.5 Å². The van der Waals surface area contributed by atoms with Crippen molar-refractivity contribution in [3.8, 4) is 0 Å². The molecule has 1 aliphatic carbocycles. The second-order valence-corrected chi connectivity index (χ2v) is 5.96. The molecule has 0 saturated heterocycles. The van der Waals surface area contributed by atoms with Crippen molar-refractivity contribution < 1.29 is 4.79 Å². The second kappa shape index (κ2) is 5.23. The summed E-state index contributed by atoms with van der Waals surface area (Å²) in [4.78, 5) is 12.4. The zero-order valence-electron chi connectivity index (χ0n) is 11.4. The van der Waals surface area contributed by atoms with Crippen molar-refractivity contribution in [1.82, 2.24) is 0 Å². The summed E-state index contributed by atoms with van der Waals surface area (Å²) in [6, 6.07) is 8.10. The molecule has 2 nitrogen and oxygen atoms in total. The Morgan fingerprint density at radius 2 is 1.89 bits per heavy atom. The van der Waals surface area contributed by atoms with Crippen LogP contribution in [0.25, 0.3) is 0 Å². The van der Waals surface area contributed by atoms with Crippen molar-refractivity contribution >= 4 is 5.78 Å². The topological polar surface area (TPSA) is 43.1 Å². The summed E-state index contributed by atoms with van der Waals surface area (Å²) in [7, 11) is 0. The molecule has 0 unspecified atom stereocenters. The molecule has 2 N–H and O–H groups in total. The molecule has 0 bridgehead atoms. The number of carbonyl (C=O) groups is 1. The van der Waals surface area contributed by atoms with E-state index in [0.717, 1.165) is 31.2 Å². The molecule has 0 amide bonds. The number of Topliss-reactive ketones (excluding diaryl/α,β-unsaturated/α-hetero) is 1. The Morgan fingerprint density at radius 3 is 2.28 bits per heavy atom. The highest BCUT2D eigenvalue weighted by Crippen LogP contribution is 2.42. The van der Waals surface area contributed by atoms with Gasteiger partial charge in [0.05, 0.1) is 0 Å². The minimum absolute atomic E-state index is 0.243. The van der Waals surface area contributed by atoms with Gasteiger partial charge in [0.1, 0.15) is 0 Å². The van der Waals surface area contributed by atoms with Crippen molar-refractivity contribution in [2.24, 2.45) is 17.1 Å². The molecular weight excluding hydrogens is 222 g/mol. The predicted molar refractivity (Wildman–Crippen MR) is 74.7 cm³/mol. The molecule has 0 atom stereocenters. The van der Waals surface area contributed by atoms with Crippen LogP contribution in [0.15, 0.2) is 24.3 Å². The lowest BCUT2D eigenvalue weighted by Gasteiger charge is -2.39. The lowest BCUT2D eigenvalue weighted by Crippen LogP contribution is -2.44. The molecule has 0 aliphatic heterocycles. The molecule has 0 spiro atoms. The lowest BCUT2D eigenvalue weighted by atomic mass is 9.64. The number of rotatable bonds is 5. The van der Waals surface area contributed by atoms with Gasteiger partial charge in [0, 0.05) is 17.5 Å². The highest BCUT2D eigenvalue weighted by Gasteiger charge is 2.42. The van der Waals surface area contributed by atoms with Gasteiger partial charge in [-0.25, -0.2) is 0 Å². The Kier molecular flexibility index (Phi) is 3.86. The van der Waals surface area contributed by atoms with E-state index in [1.807, 2.05) is 12.1 Å². The quantitative estimate of drug-likeness (QED) is 0.809. The Labute approximate surface area is 110 Å². The lowest BCUT2D eigenvalue weighted by molar-refractivity contribution is 0.0636. The van der Waals surface area contributed by atoms with Crippen LogP contribution < -0.4 is 5.73 Å². The Hall–Kier alpha value is -1.15. The van der Waals surface area contributed by atoms with Crippen molar-refractivity contribution in [3.63, 3.8) is 0 Å². The van der Waals surface area contributed by atoms with E-state index < -0.39 is 0 Å². The summed E-state index contributed by atoms with van der Waals surface area (Å²) >= 11 is 0.